The van der Waals surface area contributed by atoms with Gasteiger partial charge in [0.05, 0.1) is 0 Å². The first-order valence-electron chi connectivity index (χ1n) is 6.31. The summed E-state index contributed by atoms with van der Waals surface area (Å²) in [6, 6.07) is 14.4. The van der Waals surface area contributed by atoms with E-state index in [1.165, 1.54) is 16.7 Å². The van der Waals surface area contributed by atoms with Crippen molar-refractivity contribution in [3.63, 3.8) is 0 Å². The average Bonchev–Trinajstić information content (AvgIpc) is 2.42. The van der Waals surface area contributed by atoms with Crippen LogP contribution in [0.4, 0.5) is 0 Å². The second-order valence-corrected chi connectivity index (χ2v) is 5.35. The molecular formula is C16H18BrNO. The second-order valence-electron chi connectivity index (χ2n) is 4.50. The summed E-state index contributed by atoms with van der Waals surface area (Å²) in [5, 5.41) is 3.18. The third-order valence-corrected chi connectivity index (χ3v) is 3.90. The van der Waals surface area contributed by atoms with Gasteiger partial charge in [0.25, 0.3) is 0 Å². The Morgan fingerprint density at radius 2 is 1.84 bits per heavy atom. The molecule has 0 saturated carbocycles. The minimum Gasteiger partial charge on any atom is -0.489 e. The Morgan fingerprint density at radius 1 is 1.11 bits per heavy atom. The number of rotatable bonds is 5. The summed E-state index contributed by atoms with van der Waals surface area (Å²) >= 11 is 3.49. The minimum atomic E-state index is 0.596. The average molecular weight is 320 g/mol. The molecule has 1 N–H and O–H groups in total. The zero-order valence-electron chi connectivity index (χ0n) is 11.2. The van der Waals surface area contributed by atoms with Crippen molar-refractivity contribution in [2.24, 2.45) is 0 Å². The zero-order chi connectivity index (χ0) is 13.7. The van der Waals surface area contributed by atoms with Crippen molar-refractivity contribution < 1.29 is 4.74 Å². The maximum Gasteiger partial charge on any atom is 0.120 e. The molecule has 0 radical (unpaired) electrons. The summed E-state index contributed by atoms with van der Waals surface area (Å²) in [7, 11) is 1.95. The first kappa shape index (κ1) is 14.1. The summed E-state index contributed by atoms with van der Waals surface area (Å²) < 4.78 is 6.97. The van der Waals surface area contributed by atoms with E-state index in [-0.39, 0.29) is 0 Å². The molecule has 2 rings (SSSR count). The molecule has 2 aromatic rings. The third-order valence-electron chi connectivity index (χ3n) is 3.01. The monoisotopic (exact) mass is 319 g/mol. The van der Waals surface area contributed by atoms with Crippen LogP contribution in [0.3, 0.4) is 0 Å². The van der Waals surface area contributed by atoms with E-state index in [1.807, 2.05) is 31.3 Å². The van der Waals surface area contributed by atoms with Crippen molar-refractivity contribution in [2.45, 2.75) is 20.1 Å². The lowest BCUT2D eigenvalue weighted by Gasteiger charge is -2.11. The van der Waals surface area contributed by atoms with Crippen LogP contribution in [0.25, 0.3) is 0 Å². The van der Waals surface area contributed by atoms with Gasteiger partial charge in [0.15, 0.2) is 0 Å². The van der Waals surface area contributed by atoms with E-state index in [4.69, 9.17) is 4.74 Å². The molecule has 0 heterocycles. The Kier molecular flexibility index (Phi) is 5.00. The molecular weight excluding hydrogens is 302 g/mol. The van der Waals surface area contributed by atoms with E-state index in [9.17, 15) is 0 Å². The van der Waals surface area contributed by atoms with Gasteiger partial charge in [-0.25, -0.2) is 0 Å². The van der Waals surface area contributed by atoms with Crippen molar-refractivity contribution in [3.05, 3.63) is 63.6 Å². The Morgan fingerprint density at radius 3 is 2.53 bits per heavy atom. The number of aryl methyl sites for hydroxylation is 1. The number of ether oxygens (including phenoxy) is 1. The number of nitrogens with one attached hydrogen (secondary N) is 1. The predicted octanol–water partition coefficient (Wildman–Crippen LogP) is 4.06. The van der Waals surface area contributed by atoms with E-state index in [2.05, 4.69) is 46.4 Å². The molecule has 19 heavy (non-hydrogen) atoms. The molecule has 0 amide bonds. The van der Waals surface area contributed by atoms with E-state index in [0.717, 1.165) is 16.8 Å². The quantitative estimate of drug-likeness (QED) is 0.897. The van der Waals surface area contributed by atoms with Crippen molar-refractivity contribution >= 4 is 15.9 Å². The molecule has 0 saturated heterocycles. The SMILES string of the molecule is CNCc1ccccc1COc1ccc(Br)c(C)c1. The molecule has 0 aliphatic rings. The van der Waals surface area contributed by atoms with Gasteiger partial charge >= 0.3 is 0 Å². The number of hydrogen-bond acceptors (Lipinski definition) is 2. The van der Waals surface area contributed by atoms with Crippen molar-refractivity contribution in [1.82, 2.24) is 5.32 Å². The van der Waals surface area contributed by atoms with E-state index < -0.39 is 0 Å². The van der Waals surface area contributed by atoms with Crippen LogP contribution in [0.1, 0.15) is 16.7 Å². The van der Waals surface area contributed by atoms with Gasteiger partial charge in [0, 0.05) is 11.0 Å². The minimum absolute atomic E-state index is 0.596. The lowest BCUT2D eigenvalue weighted by molar-refractivity contribution is 0.304. The van der Waals surface area contributed by atoms with Crippen LogP contribution in [-0.4, -0.2) is 7.05 Å². The summed E-state index contributed by atoms with van der Waals surface area (Å²) in [5.41, 5.74) is 3.68. The summed E-state index contributed by atoms with van der Waals surface area (Å²) in [5.74, 6) is 0.903. The molecule has 2 nitrogen and oxygen atoms in total. The first-order valence-corrected chi connectivity index (χ1v) is 7.10. The van der Waals surface area contributed by atoms with Crippen LogP contribution in [0, 0.1) is 6.92 Å². The Labute approximate surface area is 122 Å². The first-order chi connectivity index (χ1) is 9.20. The number of benzene rings is 2. The van der Waals surface area contributed by atoms with E-state index >= 15 is 0 Å². The maximum absolute atomic E-state index is 5.87. The van der Waals surface area contributed by atoms with Crippen molar-refractivity contribution in [3.8, 4) is 5.75 Å². The smallest absolute Gasteiger partial charge is 0.120 e. The van der Waals surface area contributed by atoms with Crippen LogP contribution in [0.15, 0.2) is 46.9 Å². The third kappa shape index (κ3) is 3.82. The molecule has 0 aliphatic heterocycles. The van der Waals surface area contributed by atoms with Crippen molar-refractivity contribution in [1.29, 1.82) is 0 Å². The maximum atomic E-state index is 5.87. The van der Waals surface area contributed by atoms with Gasteiger partial charge in [-0.15, -0.1) is 0 Å². The molecule has 100 valence electrons. The molecule has 0 spiro atoms. The standard InChI is InChI=1S/C16H18BrNO/c1-12-9-15(7-8-16(12)17)19-11-14-6-4-3-5-13(14)10-18-2/h3-9,18H,10-11H2,1-2H3. The molecule has 0 atom stereocenters. The van der Waals surface area contributed by atoms with Gasteiger partial charge in [-0.2, -0.15) is 0 Å². The summed E-state index contributed by atoms with van der Waals surface area (Å²) in [6.07, 6.45) is 0. The summed E-state index contributed by atoms with van der Waals surface area (Å²) in [6.45, 7) is 3.52. The lowest BCUT2D eigenvalue weighted by Crippen LogP contribution is -2.09. The fourth-order valence-corrected chi connectivity index (χ4v) is 2.18. The zero-order valence-corrected chi connectivity index (χ0v) is 12.8. The predicted molar refractivity (Wildman–Crippen MR) is 82.4 cm³/mol. The highest BCUT2D eigenvalue weighted by Crippen LogP contribution is 2.22. The van der Waals surface area contributed by atoms with Crippen LogP contribution < -0.4 is 10.1 Å². The number of hydrogen-bond donors (Lipinski definition) is 1. The van der Waals surface area contributed by atoms with Crippen molar-refractivity contribution in [2.75, 3.05) is 7.05 Å². The molecule has 0 fully saturated rings. The fraction of sp³-hybridized carbons (Fsp3) is 0.250. The largest absolute Gasteiger partial charge is 0.489 e. The molecule has 0 unspecified atom stereocenters. The topological polar surface area (TPSA) is 21.3 Å². The second kappa shape index (κ2) is 6.73. The molecule has 0 aliphatic carbocycles. The van der Waals surface area contributed by atoms with Gasteiger partial charge in [0.1, 0.15) is 12.4 Å². The Hall–Kier alpha value is -1.32. The summed E-state index contributed by atoms with van der Waals surface area (Å²) in [4.78, 5) is 0. The van der Waals surface area contributed by atoms with Crippen LogP contribution in [0.2, 0.25) is 0 Å². The van der Waals surface area contributed by atoms with Crippen LogP contribution in [0.5, 0.6) is 5.75 Å². The molecule has 0 aromatic heterocycles. The lowest BCUT2D eigenvalue weighted by atomic mass is 10.1. The Bertz CT molecular complexity index is 554. The normalized spacial score (nSPS) is 10.5. The van der Waals surface area contributed by atoms with Gasteiger partial charge in [0.2, 0.25) is 0 Å². The van der Waals surface area contributed by atoms with E-state index in [1.54, 1.807) is 0 Å². The van der Waals surface area contributed by atoms with Gasteiger partial charge in [-0.1, -0.05) is 40.2 Å². The highest BCUT2D eigenvalue weighted by atomic mass is 79.9. The fourth-order valence-electron chi connectivity index (χ4n) is 1.93. The highest BCUT2D eigenvalue weighted by Gasteiger charge is 2.03. The Balaban J connectivity index is 2.07. The highest BCUT2D eigenvalue weighted by molar-refractivity contribution is 9.10. The molecule has 3 heteroatoms. The number of halogens is 1. The van der Waals surface area contributed by atoms with Gasteiger partial charge in [-0.3, -0.25) is 0 Å². The van der Waals surface area contributed by atoms with Gasteiger partial charge in [-0.05, 0) is 48.9 Å². The molecule has 0 bridgehead atoms. The molecule has 2 aromatic carbocycles. The van der Waals surface area contributed by atoms with Crippen LogP contribution >= 0.6 is 15.9 Å². The van der Waals surface area contributed by atoms with E-state index in [0.29, 0.717) is 6.61 Å². The van der Waals surface area contributed by atoms with Crippen LogP contribution in [-0.2, 0) is 13.2 Å². The van der Waals surface area contributed by atoms with Gasteiger partial charge < -0.3 is 10.1 Å².